The molecule has 20 heavy (non-hydrogen) atoms. The molecule has 0 bridgehead atoms. The lowest BCUT2D eigenvalue weighted by Gasteiger charge is -2.08. The molecule has 0 saturated carbocycles. The summed E-state index contributed by atoms with van der Waals surface area (Å²) in [6, 6.07) is 5.44. The molecule has 0 radical (unpaired) electrons. The predicted molar refractivity (Wildman–Crippen MR) is 77.7 cm³/mol. The summed E-state index contributed by atoms with van der Waals surface area (Å²) >= 11 is 0.975. The van der Waals surface area contributed by atoms with E-state index in [4.69, 9.17) is 5.11 Å². The van der Waals surface area contributed by atoms with E-state index in [1.54, 1.807) is 19.1 Å². The molecule has 5 nitrogen and oxygen atoms in total. The molecule has 6 heteroatoms. The molecule has 0 saturated heterocycles. The maximum Gasteiger partial charge on any atom is 0.340 e. The number of nitrogens with one attached hydrogen (secondary N) is 1. The monoisotopic (exact) mass is 290 g/mol. The molecule has 2 rings (SSSR count). The molecule has 104 valence electrons. The van der Waals surface area contributed by atoms with Crippen molar-refractivity contribution in [3.05, 3.63) is 46.1 Å². The molecule has 1 heterocycles. The highest BCUT2D eigenvalue weighted by molar-refractivity contribution is 7.11. The van der Waals surface area contributed by atoms with Crippen molar-refractivity contribution < 1.29 is 14.7 Å². The van der Waals surface area contributed by atoms with Crippen LogP contribution < -0.4 is 5.32 Å². The van der Waals surface area contributed by atoms with E-state index in [9.17, 15) is 9.59 Å². The quantitative estimate of drug-likeness (QED) is 0.910. The Hall–Kier alpha value is -2.21. The molecule has 1 aromatic carbocycles. The first kappa shape index (κ1) is 14.2. The summed E-state index contributed by atoms with van der Waals surface area (Å²) in [5.41, 5.74) is 2.87. The first-order valence-electron chi connectivity index (χ1n) is 5.99. The van der Waals surface area contributed by atoms with E-state index in [0.717, 1.165) is 22.7 Å². The Morgan fingerprint density at radius 1 is 1.25 bits per heavy atom. The van der Waals surface area contributed by atoms with Crippen LogP contribution in [-0.2, 0) is 0 Å². The Bertz CT molecular complexity index is 692. The van der Waals surface area contributed by atoms with Crippen LogP contribution in [0.5, 0.6) is 0 Å². The fourth-order valence-electron chi connectivity index (χ4n) is 1.87. The molecule has 0 unspecified atom stereocenters. The van der Waals surface area contributed by atoms with Crippen molar-refractivity contribution in [3.8, 4) is 0 Å². The van der Waals surface area contributed by atoms with Gasteiger partial charge in [0, 0.05) is 5.56 Å². The molecule has 2 aromatic rings. The summed E-state index contributed by atoms with van der Waals surface area (Å²) in [6.45, 7) is 5.39. The smallest absolute Gasteiger partial charge is 0.340 e. The molecule has 0 atom stereocenters. The van der Waals surface area contributed by atoms with Crippen LogP contribution in [0.2, 0.25) is 0 Å². The first-order valence-corrected chi connectivity index (χ1v) is 6.76. The summed E-state index contributed by atoms with van der Waals surface area (Å²) < 4.78 is 3.97. The van der Waals surface area contributed by atoms with Crippen molar-refractivity contribution in [3.63, 3.8) is 0 Å². The number of carbonyl (C=O) groups excluding carboxylic acids is 1. The van der Waals surface area contributed by atoms with Gasteiger partial charge in [-0.1, -0.05) is 12.1 Å². The SMILES string of the molecule is Cc1cccc(C(=O)Nc2snc(C)c2C(=O)O)c1C. The zero-order valence-corrected chi connectivity index (χ0v) is 12.2. The van der Waals surface area contributed by atoms with E-state index in [1.807, 2.05) is 19.9 Å². The van der Waals surface area contributed by atoms with Gasteiger partial charge in [-0.05, 0) is 49.5 Å². The van der Waals surface area contributed by atoms with Crippen LogP contribution in [-0.4, -0.2) is 21.4 Å². The van der Waals surface area contributed by atoms with Gasteiger partial charge in [-0.15, -0.1) is 0 Å². The maximum absolute atomic E-state index is 12.2. The van der Waals surface area contributed by atoms with Gasteiger partial charge < -0.3 is 10.4 Å². The van der Waals surface area contributed by atoms with Gasteiger partial charge in [-0.3, -0.25) is 4.79 Å². The number of carboxylic acid groups (broad SMARTS) is 1. The Labute approximate surface area is 120 Å². The maximum atomic E-state index is 12.2. The standard InChI is InChI=1S/C14H14N2O3S/c1-7-5-4-6-10(8(7)2)12(17)15-13-11(14(18)19)9(3)16-20-13/h4-6H,1-3H3,(H,15,17)(H,18,19). The fraction of sp³-hybridized carbons (Fsp3) is 0.214. The predicted octanol–water partition coefficient (Wildman–Crippen LogP) is 3.02. The second-order valence-electron chi connectivity index (χ2n) is 4.48. The van der Waals surface area contributed by atoms with Crippen LogP contribution in [0.25, 0.3) is 0 Å². The highest BCUT2D eigenvalue weighted by Gasteiger charge is 2.20. The molecule has 0 spiro atoms. The van der Waals surface area contributed by atoms with Crippen molar-refractivity contribution in [1.29, 1.82) is 0 Å². The lowest BCUT2D eigenvalue weighted by atomic mass is 10.0. The molecule has 2 N–H and O–H groups in total. The second kappa shape index (κ2) is 5.42. The average molecular weight is 290 g/mol. The number of rotatable bonds is 3. The molecule has 0 fully saturated rings. The number of carboxylic acids is 1. The minimum Gasteiger partial charge on any atom is -0.478 e. The van der Waals surface area contributed by atoms with Crippen molar-refractivity contribution in [1.82, 2.24) is 4.37 Å². The topological polar surface area (TPSA) is 79.3 Å². The minimum absolute atomic E-state index is 0.0497. The van der Waals surface area contributed by atoms with E-state index in [-0.39, 0.29) is 16.5 Å². The van der Waals surface area contributed by atoms with Crippen molar-refractivity contribution in [2.24, 2.45) is 0 Å². The van der Waals surface area contributed by atoms with Gasteiger partial charge >= 0.3 is 5.97 Å². The van der Waals surface area contributed by atoms with Gasteiger partial charge in [-0.2, -0.15) is 4.37 Å². The van der Waals surface area contributed by atoms with E-state index >= 15 is 0 Å². The number of carbonyl (C=O) groups is 2. The number of benzene rings is 1. The summed E-state index contributed by atoms with van der Waals surface area (Å²) in [6.07, 6.45) is 0. The average Bonchev–Trinajstić information content (AvgIpc) is 2.73. The van der Waals surface area contributed by atoms with Gasteiger partial charge in [0.05, 0.1) is 5.69 Å². The van der Waals surface area contributed by atoms with Crippen LogP contribution >= 0.6 is 11.5 Å². The molecule has 0 aliphatic heterocycles. The molecular weight excluding hydrogens is 276 g/mol. The van der Waals surface area contributed by atoms with Crippen LogP contribution in [0.3, 0.4) is 0 Å². The Kier molecular flexibility index (Phi) is 3.85. The number of nitrogens with zero attached hydrogens (tertiary/aromatic N) is 1. The van der Waals surface area contributed by atoms with Crippen LogP contribution in [0.1, 0.15) is 37.5 Å². The second-order valence-corrected chi connectivity index (χ2v) is 5.25. The van der Waals surface area contributed by atoms with Crippen LogP contribution in [0.15, 0.2) is 18.2 Å². The molecule has 0 aliphatic carbocycles. The van der Waals surface area contributed by atoms with Gasteiger partial charge in [-0.25, -0.2) is 4.79 Å². The third kappa shape index (κ3) is 2.55. The van der Waals surface area contributed by atoms with E-state index in [0.29, 0.717) is 11.3 Å². The zero-order chi connectivity index (χ0) is 14.9. The van der Waals surface area contributed by atoms with Crippen molar-refractivity contribution >= 4 is 28.4 Å². The van der Waals surface area contributed by atoms with Crippen LogP contribution in [0.4, 0.5) is 5.00 Å². The number of aromatic carboxylic acids is 1. The number of hydrogen-bond acceptors (Lipinski definition) is 4. The zero-order valence-electron chi connectivity index (χ0n) is 11.4. The van der Waals surface area contributed by atoms with E-state index in [2.05, 4.69) is 9.69 Å². The number of hydrogen-bond donors (Lipinski definition) is 2. The third-order valence-corrected chi connectivity index (χ3v) is 4.01. The van der Waals surface area contributed by atoms with E-state index in [1.165, 1.54) is 0 Å². The summed E-state index contributed by atoms with van der Waals surface area (Å²) in [7, 11) is 0. The Balaban J connectivity index is 2.33. The lowest BCUT2D eigenvalue weighted by molar-refractivity contribution is 0.0697. The molecular formula is C14H14N2O3S. The highest BCUT2D eigenvalue weighted by Crippen LogP contribution is 2.25. The molecule has 1 aromatic heterocycles. The lowest BCUT2D eigenvalue weighted by Crippen LogP contribution is -2.15. The number of anilines is 1. The molecule has 1 amide bonds. The normalized spacial score (nSPS) is 10.3. The van der Waals surface area contributed by atoms with Gasteiger partial charge in [0.25, 0.3) is 5.91 Å². The fourth-order valence-corrected chi connectivity index (χ4v) is 2.66. The third-order valence-electron chi connectivity index (χ3n) is 3.15. The Morgan fingerprint density at radius 3 is 2.60 bits per heavy atom. The van der Waals surface area contributed by atoms with Crippen molar-refractivity contribution in [2.75, 3.05) is 5.32 Å². The van der Waals surface area contributed by atoms with Crippen molar-refractivity contribution in [2.45, 2.75) is 20.8 Å². The van der Waals surface area contributed by atoms with Gasteiger partial charge in [0.1, 0.15) is 10.6 Å². The number of amides is 1. The minimum atomic E-state index is -1.09. The summed E-state index contributed by atoms with van der Waals surface area (Å²) in [4.78, 5) is 23.4. The Morgan fingerprint density at radius 2 is 1.95 bits per heavy atom. The van der Waals surface area contributed by atoms with Crippen LogP contribution in [0, 0.1) is 20.8 Å². The van der Waals surface area contributed by atoms with Gasteiger partial charge in [0.2, 0.25) is 0 Å². The first-order chi connectivity index (χ1) is 9.41. The molecule has 0 aliphatic rings. The largest absolute Gasteiger partial charge is 0.478 e. The summed E-state index contributed by atoms with van der Waals surface area (Å²) in [5, 5.41) is 12.0. The van der Waals surface area contributed by atoms with E-state index < -0.39 is 5.97 Å². The number of aryl methyl sites for hydroxylation is 2. The van der Waals surface area contributed by atoms with Gasteiger partial charge in [0.15, 0.2) is 0 Å². The number of aromatic nitrogens is 1. The summed E-state index contributed by atoms with van der Waals surface area (Å²) in [5.74, 6) is -1.41. The highest BCUT2D eigenvalue weighted by atomic mass is 32.1.